The van der Waals surface area contributed by atoms with Crippen LogP contribution in [0.2, 0.25) is 38.3 Å². The summed E-state index contributed by atoms with van der Waals surface area (Å²) in [6.45, 7) is 13.6. The van der Waals surface area contributed by atoms with Gasteiger partial charge in [-0.1, -0.05) is 97.9 Å². The van der Waals surface area contributed by atoms with Crippen LogP contribution in [0.15, 0.2) is 70.3 Å². The second-order valence-corrected chi connectivity index (χ2v) is 24.9. The van der Waals surface area contributed by atoms with E-state index in [0.29, 0.717) is 29.1 Å². The second-order valence-electron chi connectivity index (χ2n) is 13.0. The van der Waals surface area contributed by atoms with Gasteiger partial charge in [-0.2, -0.15) is 0 Å². The highest BCUT2D eigenvalue weighted by Gasteiger charge is 2.59. The summed E-state index contributed by atoms with van der Waals surface area (Å²) in [7, 11) is -7.37. The minimum atomic E-state index is -3.54. The van der Waals surface area contributed by atoms with Crippen LogP contribution in [0, 0.1) is 24.7 Å². The molecule has 0 spiro atoms. The Bertz CT molecular complexity index is 1300. The molecule has 3 aliphatic rings. The number of carbonyl (C=O) groups is 1. The standard InChI is InChI=1S/C30H40O3SSi2/c1-20-12-14-21(15-13-20)34(32,33)27-19-25-24(18-26(31)30(25)35(2,3)4)23-16-17-28(29(23)27)36(5,6)22-10-8-7-9-11-22/h7-15,23-24,27-29H,16-19H2,1-6H3/t23-,24-,27?,28+,29-/m1/s1. The zero-order chi connectivity index (χ0) is 26.0. The largest absolute Gasteiger partial charge is 0.295 e. The van der Waals surface area contributed by atoms with Crippen molar-refractivity contribution < 1.29 is 13.2 Å². The van der Waals surface area contributed by atoms with E-state index >= 15 is 0 Å². The third-order valence-electron chi connectivity index (χ3n) is 9.53. The van der Waals surface area contributed by atoms with Crippen LogP contribution in [-0.4, -0.2) is 35.6 Å². The lowest BCUT2D eigenvalue weighted by Gasteiger charge is -2.45. The fourth-order valence-electron chi connectivity index (χ4n) is 7.91. The van der Waals surface area contributed by atoms with Crippen LogP contribution >= 0.6 is 0 Å². The Morgan fingerprint density at radius 3 is 2.08 bits per heavy atom. The van der Waals surface area contributed by atoms with E-state index in [1.165, 1.54) is 10.8 Å². The number of hydrogen-bond acceptors (Lipinski definition) is 3. The predicted octanol–water partition coefficient (Wildman–Crippen LogP) is 6.32. The van der Waals surface area contributed by atoms with Gasteiger partial charge in [0.25, 0.3) is 0 Å². The molecule has 2 saturated carbocycles. The fraction of sp³-hybridized carbons (Fsp3) is 0.500. The van der Waals surface area contributed by atoms with E-state index in [0.717, 1.165) is 23.6 Å². The molecule has 3 aliphatic carbocycles. The van der Waals surface area contributed by atoms with E-state index in [-0.39, 0.29) is 17.8 Å². The van der Waals surface area contributed by atoms with Crippen molar-refractivity contribution in [3.63, 3.8) is 0 Å². The SMILES string of the molecule is Cc1ccc(S(=O)(=O)C2CC3=C([Si](C)(C)C)C(=O)C[C@@H]3[C@H]3CC[C@H]([Si](C)(C)c4ccccc4)[C@@H]23)cc1. The highest BCUT2D eigenvalue weighted by Crippen LogP contribution is 2.61. The van der Waals surface area contributed by atoms with Crippen molar-refractivity contribution in [2.75, 3.05) is 0 Å². The first kappa shape index (κ1) is 25.9. The van der Waals surface area contributed by atoms with Crippen molar-refractivity contribution >= 4 is 37.0 Å². The van der Waals surface area contributed by atoms with Gasteiger partial charge in [-0.25, -0.2) is 8.42 Å². The predicted molar refractivity (Wildman–Crippen MR) is 154 cm³/mol. The zero-order valence-electron chi connectivity index (χ0n) is 22.5. The van der Waals surface area contributed by atoms with E-state index in [1.807, 2.05) is 19.1 Å². The van der Waals surface area contributed by atoms with Gasteiger partial charge in [0.05, 0.1) is 26.3 Å². The molecule has 0 heterocycles. The number of Topliss-reactive ketones (excluding diaryl/α,β-unsaturated/α-hetero) is 1. The highest BCUT2D eigenvalue weighted by molar-refractivity contribution is 7.92. The molecule has 36 heavy (non-hydrogen) atoms. The molecular weight excluding hydrogens is 497 g/mol. The minimum absolute atomic E-state index is 0.112. The molecule has 2 fully saturated rings. The number of benzene rings is 2. The van der Waals surface area contributed by atoms with Gasteiger partial charge >= 0.3 is 0 Å². The van der Waals surface area contributed by atoms with E-state index in [1.54, 1.807) is 12.1 Å². The highest BCUT2D eigenvalue weighted by atomic mass is 32.2. The molecular formula is C30H40O3SSi2. The van der Waals surface area contributed by atoms with Gasteiger partial charge in [0.2, 0.25) is 0 Å². The Hall–Kier alpha value is -1.77. The Balaban J connectivity index is 1.66. The lowest BCUT2D eigenvalue weighted by molar-refractivity contribution is -0.115. The molecule has 192 valence electrons. The van der Waals surface area contributed by atoms with E-state index in [9.17, 15) is 13.2 Å². The van der Waals surface area contributed by atoms with Gasteiger partial charge in [0.1, 0.15) is 0 Å². The Kier molecular flexibility index (Phi) is 6.41. The average molecular weight is 537 g/mol. The van der Waals surface area contributed by atoms with Gasteiger partial charge in [-0.05, 0) is 60.4 Å². The van der Waals surface area contributed by atoms with E-state index < -0.39 is 31.2 Å². The Morgan fingerprint density at radius 2 is 1.47 bits per heavy atom. The molecule has 0 amide bonds. The van der Waals surface area contributed by atoms with Gasteiger partial charge < -0.3 is 0 Å². The van der Waals surface area contributed by atoms with Crippen LogP contribution in [0.4, 0.5) is 0 Å². The molecule has 6 heteroatoms. The van der Waals surface area contributed by atoms with Crippen LogP contribution in [0.25, 0.3) is 0 Å². The summed E-state index contributed by atoms with van der Waals surface area (Å²) in [4.78, 5) is 13.8. The molecule has 2 aromatic rings. The smallest absolute Gasteiger partial charge is 0.181 e. The van der Waals surface area contributed by atoms with Crippen molar-refractivity contribution in [1.82, 2.24) is 0 Å². The molecule has 1 unspecified atom stereocenters. The lowest BCUT2D eigenvalue weighted by Crippen LogP contribution is -2.52. The summed E-state index contributed by atoms with van der Waals surface area (Å²) in [5, 5.41) is 2.02. The molecule has 5 rings (SSSR count). The molecule has 0 aromatic heterocycles. The molecule has 0 radical (unpaired) electrons. The number of sulfone groups is 1. The van der Waals surface area contributed by atoms with Crippen LogP contribution in [-0.2, 0) is 14.6 Å². The minimum Gasteiger partial charge on any atom is -0.295 e. The molecule has 0 aliphatic heterocycles. The maximum atomic E-state index is 14.4. The first-order chi connectivity index (χ1) is 16.8. The van der Waals surface area contributed by atoms with Gasteiger partial charge in [0, 0.05) is 6.42 Å². The van der Waals surface area contributed by atoms with Gasteiger partial charge in [-0.15, -0.1) is 0 Å². The lowest BCUT2D eigenvalue weighted by atomic mass is 9.71. The topological polar surface area (TPSA) is 51.2 Å². The maximum Gasteiger partial charge on any atom is 0.181 e. The van der Waals surface area contributed by atoms with Gasteiger partial charge in [-0.3, -0.25) is 4.79 Å². The number of rotatable bonds is 5. The van der Waals surface area contributed by atoms with Crippen LogP contribution in [0.5, 0.6) is 0 Å². The monoisotopic (exact) mass is 536 g/mol. The molecule has 2 aromatic carbocycles. The summed E-state index contributed by atoms with van der Waals surface area (Å²) in [5.41, 5.74) is 2.68. The van der Waals surface area contributed by atoms with Crippen molar-refractivity contribution in [3.8, 4) is 0 Å². The Labute approximate surface area is 219 Å². The number of carbonyl (C=O) groups excluding carboxylic acids is 1. The van der Waals surface area contributed by atoms with Crippen molar-refractivity contribution in [2.24, 2.45) is 17.8 Å². The van der Waals surface area contributed by atoms with E-state index in [4.69, 9.17) is 0 Å². The summed E-state index contributed by atoms with van der Waals surface area (Å²) in [6, 6.07) is 18.2. The van der Waals surface area contributed by atoms with Crippen LogP contribution in [0.3, 0.4) is 0 Å². The van der Waals surface area contributed by atoms with Crippen molar-refractivity contribution in [1.29, 1.82) is 0 Å². The van der Waals surface area contributed by atoms with Crippen LogP contribution in [0.1, 0.15) is 31.2 Å². The number of ketones is 1. The quantitative estimate of drug-likeness (QED) is 0.421. The Morgan fingerprint density at radius 1 is 0.833 bits per heavy atom. The number of hydrogen-bond donors (Lipinski definition) is 0. The van der Waals surface area contributed by atoms with Crippen molar-refractivity contribution in [3.05, 3.63) is 70.9 Å². The first-order valence-corrected chi connectivity index (χ1v) is 21.6. The van der Waals surface area contributed by atoms with Gasteiger partial charge in [0.15, 0.2) is 15.6 Å². The molecule has 5 atom stereocenters. The number of fused-ring (bicyclic) bond motifs is 3. The average Bonchev–Trinajstić information content (AvgIpc) is 3.40. The van der Waals surface area contributed by atoms with Crippen LogP contribution < -0.4 is 5.19 Å². The summed E-state index contributed by atoms with van der Waals surface area (Å²) in [5.74, 6) is 0.960. The molecule has 0 N–H and O–H groups in total. The van der Waals surface area contributed by atoms with Crippen molar-refractivity contribution in [2.45, 2.75) is 81.0 Å². The normalized spacial score (nSPS) is 28.8. The number of allylic oxidation sites excluding steroid dienone is 2. The zero-order valence-corrected chi connectivity index (χ0v) is 25.4. The molecule has 0 bridgehead atoms. The summed E-state index contributed by atoms with van der Waals surface area (Å²) < 4.78 is 28.8. The van der Waals surface area contributed by atoms with E-state index in [2.05, 4.69) is 63.1 Å². The summed E-state index contributed by atoms with van der Waals surface area (Å²) >= 11 is 0. The first-order valence-electron chi connectivity index (χ1n) is 13.5. The third kappa shape index (κ3) is 4.13. The second kappa shape index (κ2) is 8.92. The number of aryl methyl sites for hydroxylation is 1. The fourth-order valence-corrected chi connectivity index (χ4v) is 16.1. The molecule has 3 nitrogen and oxygen atoms in total. The third-order valence-corrected chi connectivity index (χ3v) is 18.2. The molecule has 0 saturated heterocycles. The maximum absolute atomic E-state index is 14.4. The summed E-state index contributed by atoms with van der Waals surface area (Å²) in [6.07, 6.45) is 3.26.